The van der Waals surface area contributed by atoms with Gasteiger partial charge in [-0.2, -0.15) is 0 Å². The van der Waals surface area contributed by atoms with Crippen molar-refractivity contribution in [1.29, 1.82) is 0 Å². The molecule has 1 heterocycles. The van der Waals surface area contributed by atoms with E-state index in [1.807, 2.05) is 13.0 Å². The molecule has 1 N–H and O–H groups in total. The molecular weight excluding hydrogens is 444 g/mol. The second kappa shape index (κ2) is 16.0. The first-order chi connectivity index (χ1) is 16.9. The molecule has 1 aromatic carbocycles. The van der Waals surface area contributed by atoms with E-state index in [1.54, 1.807) is 14.2 Å². The Morgan fingerprint density at radius 2 is 1.80 bits per heavy atom. The van der Waals surface area contributed by atoms with Crippen molar-refractivity contribution in [1.82, 2.24) is 10.2 Å². The number of nitrogens with one attached hydrogen (secondary N) is 1. The van der Waals surface area contributed by atoms with Crippen molar-refractivity contribution in [2.75, 3.05) is 60.3 Å². The van der Waals surface area contributed by atoms with E-state index in [-0.39, 0.29) is 17.4 Å². The van der Waals surface area contributed by atoms with Crippen LogP contribution in [0, 0.1) is 5.92 Å². The first-order valence-electron chi connectivity index (χ1n) is 13.3. The van der Waals surface area contributed by atoms with Gasteiger partial charge in [0, 0.05) is 51.2 Å². The SMILES string of the molecule is COCCCOc1cc(CCCCCC[C@@H](C)C(=O)NCC(C)(C)N2CCOCC2)ccc1OC. The lowest BCUT2D eigenvalue weighted by atomic mass is 9.98. The highest BCUT2D eigenvalue weighted by molar-refractivity contribution is 5.78. The molecule has 0 radical (unpaired) electrons. The molecule has 1 atom stereocenters. The van der Waals surface area contributed by atoms with Crippen LogP contribution in [-0.4, -0.2) is 76.6 Å². The van der Waals surface area contributed by atoms with E-state index >= 15 is 0 Å². The molecule has 1 aliphatic rings. The van der Waals surface area contributed by atoms with Crippen LogP contribution in [0.1, 0.15) is 64.9 Å². The van der Waals surface area contributed by atoms with Crippen LogP contribution in [-0.2, 0) is 20.7 Å². The van der Waals surface area contributed by atoms with Crippen LogP contribution in [0.5, 0.6) is 11.5 Å². The van der Waals surface area contributed by atoms with Crippen molar-refractivity contribution in [2.45, 2.75) is 71.3 Å². The molecule has 1 fully saturated rings. The molecule has 1 saturated heterocycles. The zero-order valence-corrected chi connectivity index (χ0v) is 22.7. The van der Waals surface area contributed by atoms with Crippen LogP contribution in [0.3, 0.4) is 0 Å². The van der Waals surface area contributed by atoms with Crippen molar-refractivity contribution in [3.05, 3.63) is 23.8 Å². The summed E-state index contributed by atoms with van der Waals surface area (Å²) >= 11 is 0. The lowest BCUT2D eigenvalue weighted by Crippen LogP contribution is -2.55. The highest BCUT2D eigenvalue weighted by atomic mass is 16.5. The summed E-state index contributed by atoms with van der Waals surface area (Å²) < 4.78 is 21.8. The Bertz CT molecular complexity index is 734. The molecule has 200 valence electrons. The third kappa shape index (κ3) is 10.8. The minimum Gasteiger partial charge on any atom is -0.493 e. The van der Waals surface area contributed by atoms with Crippen LogP contribution >= 0.6 is 0 Å². The predicted molar refractivity (Wildman–Crippen MR) is 140 cm³/mol. The summed E-state index contributed by atoms with van der Waals surface area (Å²) in [5.74, 6) is 1.79. The highest BCUT2D eigenvalue weighted by Crippen LogP contribution is 2.29. The molecule has 1 amide bonds. The van der Waals surface area contributed by atoms with Gasteiger partial charge >= 0.3 is 0 Å². The molecule has 0 saturated carbocycles. The Balaban J connectivity index is 1.62. The summed E-state index contributed by atoms with van der Waals surface area (Å²) in [7, 11) is 3.37. The standard InChI is InChI=1S/C28H48N2O5/c1-23(27(31)29-22-28(2,3)30-15-19-34-20-16-30)11-8-6-7-9-12-24-13-14-25(33-5)26(21-24)35-18-10-17-32-4/h13-14,21,23H,6-12,15-20,22H2,1-5H3,(H,29,31)/t23-/m1/s1. The number of hydrogen-bond donors (Lipinski definition) is 1. The lowest BCUT2D eigenvalue weighted by molar-refractivity contribution is -0.125. The maximum absolute atomic E-state index is 12.6. The number of aryl methyl sites for hydroxylation is 1. The van der Waals surface area contributed by atoms with Gasteiger partial charge in [0.15, 0.2) is 11.5 Å². The summed E-state index contributed by atoms with van der Waals surface area (Å²) in [6.07, 6.45) is 7.33. The zero-order valence-electron chi connectivity index (χ0n) is 22.7. The van der Waals surface area contributed by atoms with Crippen LogP contribution in [0.25, 0.3) is 0 Å². The molecule has 7 nitrogen and oxygen atoms in total. The van der Waals surface area contributed by atoms with Gasteiger partial charge in [0.05, 0.1) is 26.9 Å². The summed E-state index contributed by atoms with van der Waals surface area (Å²) in [5, 5.41) is 3.18. The van der Waals surface area contributed by atoms with Crippen LogP contribution in [0.15, 0.2) is 18.2 Å². The summed E-state index contributed by atoms with van der Waals surface area (Å²) in [6, 6.07) is 6.20. The highest BCUT2D eigenvalue weighted by Gasteiger charge is 2.29. The second-order valence-electron chi connectivity index (χ2n) is 10.2. The normalized spacial score (nSPS) is 15.6. The van der Waals surface area contributed by atoms with Gasteiger partial charge in [-0.05, 0) is 50.8 Å². The number of morpholine rings is 1. The first kappa shape index (κ1) is 29.4. The predicted octanol–water partition coefficient (Wildman–Crippen LogP) is 4.47. The van der Waals surface area contributed by atoms with E-state index in [0.717, 1.165) is 82.7 Å². The molecule has 0 aromatic heterocycles. The number of ether oxygens (including phenoxy) is 4. The maximum atomic E-state index is 12.6. The Morgan fingerprint density at radius 3 is 2.51 bits per heavy atom. The number of carbonyl (C=O) groups excluding carboxylic acids is 1. The fourth-order valence-electron chi connectivity index (χ4n) is 4.40. The van der Waals surface area contributed by atoms with E-state index in [9.17, 15) is 4.79 Å². The third-order valence-electron chi connectivity index (χ3n) is 6.84. The third-order valence-corrected chi connectivity index (χ3v) is 6.84. The fourth-order valence-corrected chi connectivity index (χ4v) is 4.40. The molecule has 35 heavy (non-hydrogen) atoms. The second-order valence-corrected chi connectivity index (χ2v) is 10.2. The summed E-state index contributed by atoms with van der Waals surface area (Å²) in [6.45, 7) is 11.8. The van der Waals surface area contributed by atoms with E-state index in [4.69, 9.17) is 18.9 Å². The molecular formula is C28H48N2O5. The molecule has 2 rings (SSSR count). The van der Waals surface area contributed by atoms with Crippen molar-refractivity contribution < 1.29 is 23.7 Å². The Labute approximate surface area is 212 Å². The molecule has 0 spiro atoms. The molecule has 1 aromatic rings. The Morgan fingerprint density at radius 1 is 1.06 bits per heavy atom. The van der Waals surface area contributed by atoms with Gasteiger partial charge in [-0.1, -0.05) is 32.3 Å². The number of hydrogen-bond acceptors (Lipinski definition) is 6. The molecule has 0 bridgehead atoms. The number of nitrogens with zero attached hydrogens (tertiary/aromatic N) is 1. The number of carbonyl (C=O) groups is 1. The molecule has 7 heteroatoms. The number of methoxy groups -OCH3 is 2. The van der Waals surface area contributed by atoms with E-state index in [0.29, 0.717) is 19.8 Å². The quantitative estimate of drug-likeness (QED) is 0.324. The average molecular weight is 493 g/mol. The van der Waals surface area contributed by atoms with Gasteiger partial charge in [-0.25, -0.2) is 0 Å². The largest absolute Gasteiger partial charge is 0.493 e. The first-order valence-corrected chi connectivity index (χ1v) is 13.3. The zero-order chi connectivity index (χ0) is 25.5. The Hall–Kier alpha value is -1.83. The van der Waals surface area contributed by atoms with Gasteiger partial charge in [0.25, 0.3) is 0 Å². The van der Waals surface area contributed by atoms with Crippen LogP contribution < -0.4 is 14.8 Å². The van der Waals surface area contributed by atoms with Crippen molar-refractivity contribution in [3.63, 3.8) is 0 Å². The van der Waals surface area contributed by atoms with Crippen molar-refractivity contribution in [2.24, 2.45) is 5.92 Å². The van der Waals surface area contributed by atoms with Gasteiger partial charge in [-0.15, -0.1) is 0 Å². The fraction of sp³-hybridized carbons (Fsp3) is 0.750. The van der Waals surface area contributed by atoms with Crippen molar-refractivity contribution in [3.8, 4) is 11.5 Å². The number of amides is 1. The number of rotatable bonds is 17. The topological polar surface area (TPSA) is 69.3 Å². The van der Waals surface area contributed by atoms with Crippen LogP contribution in [0.2, 0.25) is 0 Å². The summed E-state index contributed by atoms with van der Waals surface area (Å²) in [5.41, 5.74) is 1.22. The average Bonchev–Trinajstić information content (AvgIpc) is 2.87. The van der Waals surface area contributed by atoms with E-state index in [1.165, 1.54) is 5.56 Å². The minimum atomic E-state index is -0.0462. The molecule has 1 aliphatic heterocycles. The molecule has 0 aliphatic carbocycles. The van der Waals surface area contributed by atoms with Gasteiger partial charge in [0.1, 0.15) is 0 Å². The van der Waals surface area contributed by atoms with Gasteiger partial charge in [0.2, 0.25) is 5.91 Å². The summed E-state index contributed by atoms with van der Waals surface area (Å²) in [4.78, 5) is 15.0. The van der Waals surface area contributed by atoms with Crippen LogP contribution in [0.4, 0.5) is 0 Å². The molecule has 0 unspecified atom stereocenters. The monoisotopic (exact) mass is 492 g/mol. The van der Waals surface area contributed by atoms with E-state index in [2.05, 4.69) is 36.2 Å². The maximum Gasteiger partial charge on any atom is 0.222 e. The minimum absolute atomic E-state index is 0.0462. The van der Waals surface area contributed by atoms with E-state index < -0.39 is 0 Å². The number of unbranched alkanes of at least 4 members (excludes halogenated alkanes) is 3. The van der Waals surface area contributed by atoms with Gasteiger partial charge < -0.3 is 24.3 Å². The van der Waals surface area contributed by atoms with Crippen molar-refractivity contribution >= 4 is 5.91 Å². The Kier molecular flexibility index (Phi) is 13.5. The van der Waals surface area contributed by atoms with Gasteiger partial charge in [-0.3, -0.25) is 9.69 Å². The smallest absolute Gasteiger partial charge is 0.222 e. The lowest BCUT2D eigenvalue weighted by Gasteiger charge is -2.41. The number of benzene rings is 1.